The van der Waals surface area contributed by atoms with E-state index in [0.717, 1.165) is 17.0 Å². The first-order valence-corrected chi connectivity index (χ1v) is 8.81. The van der Waals surface area contributed by atoms with Crippen molar-refractivity contribution in [3.8, 4) is 0 Å². The van der Waals surface area contributed by atoms with Gasteiger partial charge in [-0.05, 0) is 19.4 Å². The smallest absolute Gasteiger partial charge is 0.227 e. The van der Waals surface area contributed by atoms with E-state index in [9.17, 15) is 4.79 Å². The van der Waals surface area contributed by atoms with Crippen LogP contribution in [0.2, 0.25) is 0 Å². The quantitative estimate of drug-likeness (QED) is 0.750. The summed E-state index contributed by atoms with van der Waals surface area (Å²) in [5.41, 5.74) is 2.51. The Morgan fingerprint density at radius 2 is 2.04 bits per heavy atom. The molecule has 3 heterocycles. The molecular weight excluding hydrogens is 330 g/mol. The Morgan fingerprint density at radius 1 is 1.27 bits per heavy atom. The largest absolute Gasteiger partial charge is 0.353 e. The topological polar surface area (TPSA) is 88.8 Å². The summed E-state index contributed by atoms with van der Waals surface area (Å²) >= 11 is 0. The lowest BCUT2D eigenvalue weighted by Gasteiger charge is -2.39. The van der Waals surface area contributed by atoms with Crippen molar-refractivity contribution >= 4 is 22.9 Å². The average molecular weight is 351 g/mol. The van der Waals surface area contributed by atoms with Gasteiger partial charge in [-0.3, -0.25) is 4.79 Å². The van der Waals surface area contributed by atoms with Gasteiger partial charge in [0.2, 0.25) is 5.91 Å². The maximum atomic E-state index is 12.5. The zero-order valence-corrected chi connectivity index (χ0v) is 14.8. The van der Waals surface area contributed by atoms with E-state index in [4.69, 9.17) is 0 Å². The minimum atomic E-state index is -0.0487. The van der Waals surface area contributed by atoms with Crippen LogP contribution >= 0.6 is 0 Å². The summed E-state index contributed by atoms with van der Waals surface area (Å²) in [5, 5.41) is 11.4. The van der Waals surface area contributed by atoms with Crippen molar-refractivity contribution in [2.45, 2.75) is 26.4 Å². The van der Waals surface area contributed by atoms with Crippen LogP contribution in [0, 0.1) is 5.92 Å². The van der Waals surface area contributed by atoms with Gasteiger partial charge in [-0.25, -0.2) is 14.6 Å². The molecule has 1 saturated heterocycles. The molecule has 1 unspecified atom stereocenters. The second kappa shape index (κ2) is 6.70. The van der Waals surface area contributed by atoms with Gasteiger partial charge in [-0.2, -0.15) is 0 Å². The highest BCUT2D eigenvalue weighted by molar-refractivity contribution is 5.86. The van der Waals surface area contributed by atoms with Crippen molar-refractivity contribution in [3.05, 3.63) is 42.2 Å². The Hall–Kier alpha value is -3.03. The van der Waals surface area contributed by atoms with Crippen LogP contribution in [0.4, 0.5) is 5.82 Å². The molecule has 0 bridgehead atoms. The molecular formula is C18H21N7O. The highest BCUT2D eigenvalue weighted by Gasteiger charge is 2.35. The monoisotopic (exact) mass is 351 g/mol. The Bertz CT molecular complexity index is 918. The van der Waals surface area contributed by atoms with Crippen LogP contribution in [0.1, 0.15) is 25.5 Å². The molecule has 1 aromatic carbocycles. The lowest BCUT2D eigenvalue weighted by Crippen LogP contribution is -2.54. The molecule has 0 radical (unpaired) electrons. The van der Waals surface area contributed by atoms with E-state index in [0.29, 0.717) is 25.2 Å². The number of hydrogen-bond acceptors (Lipinski definition) is 6. The first kappa shape index (κ1) is 16.4. The molecule has 1 aliphatic heterocycles. The number of nitrogens with one attached hydrogen (secondary N) is 1. The van der Waals surface area contributed by atoms with E-state index in [-0.39, 0.29) is 17.9 Å². The van der Waals surface area contributed by atoms with Gasteiger partial charge in [0.25, 0.3) is 0 Å². The number of carbonyl (C=O) groups excluding carboxylic acids is 1. The molecule has 1 N–H and O–H groups in total. The van der Waals surface area contributed by atoms with Crippen molar-refractivity contribution in [2.24, 2.45) is 5.92 Å². The number of carbonyl (C=O) groups is 1. The van der Waals surface area contributed by atoms with E-state index in [1.54, 1.807) is 4.68 Å². The Balaban J connectivity index is 1.41. The van der Waals surface area contributed by atoms with Crippen LogP contribution in [0.5, 0.6) is 0 Å². The number of hydrogen-bond donors (Lipinski definition) is 1. The van der Waals surface area contributed by atoms with Crippen molar-refractivity contribution in [2.75, 3.05) is 18.0 Å². The van der Waals surface area contributed by atoms with Crippen LogP contribution in [0.15, 0.2) is 36.7 Å². The van der Waals surface area contributed by atoms with Gasteiger partial charge in [0.15, 0.2) is 17.0 Å². The summed E-state index contributed by atoms with van der Waals surface area (Å²) in [6.45, 7) is 5.95. The van der Waals surface area contributed by atoms with Gasteiger partial charge in [0.1, 0.15) is 6.33 Å². The van der Waals surface area contributed by atoms with Crippen LogP contribution in [-0.2, 0) is 11.3 Å². The average Bonchev–Trinajstić information content (AvgIpc) is 3.05. The highest BCUT2D eigenvalue weighted by atomic mass is 16.2. The van der Waals surface area contributed by atoms with Gasteiger partial charge in [0.05, 0.1) is 12.0 Å². The summed E-state index contributed by atoms with van der Waals surface area (Å²) in [7, 11) is 0. The van der Waals surface area contributed by atoms with Crippen molar-refractivity contribution in [1.29, 1.82) is 0 Å². The predicted molar refractivity (Wildman–Crippen MR) is 97.5 cm³/mol. The molecule has 1 amide bonds. The molecule has 3 aromatic rings. The van der Waals surface area contributed by atoms with E-state index in [2.05, 4.69) is 30.5 Å². The molecule has 26 heavy (non-hydrogen) atoms. The molecule has 8 nitrogen and oxygen atoms in total. The Kier molecular flexibility index (Phi) is 4.24. The molecule has 4 rings (SSSR count). The second-order valence-electron chi connectivity index (χ2n) is 6.52. The molecule has 0 aliphatic carbocycles. The molecule has 1 aliphatic rings. The van der Waals surface area contributed by atoms with E-state index in [1.807, 2.05) is 44.2 Å². The molecule has 0 spiro atoms. The summed E-state index contributed by atoms with van der Waals surface area (Å²) < 4.78 is 1.74. The fraction of sp³-hybridized carbons (Fsp3) is 0.389. The number of anilines is 1. The minimum absolute atomic E-state index is 0.00652. The van der Waals surface area contributed by atoms with Crippen molar-refractivity contribution < 1.29 is 4.79 Å². The maximum Gasteiger partial charge on any atom is 0.227 e. The van der Waals surface area contributed by atoms with Crippen molar-refractivity contribution in [3.63, 3.8) is 0 Å². The first-order valence-electron chi connectivity index (χ1n) is 8.81. The van der Waals surface area contributed by atoms with Gasteiger partial charge in [-0.1, -0.05) is 35.5 Å². The van der Waals surface area contributed by atoms with E-state index >= 15 is 0 Å². The summed E-state index contributed by atoms with van der Waals surface area (Å²) in [6.07, 6.45) is 1.53. The molecule has 2 aromatic heterocycles. The summed E-state index contributed by atoms with van der Waals surface area (Å²) in [5.74, 6) is 0.766. The summed E-state index contributed by atoms with van der Waals surface area (Å²) in [6, 6.07) is 9.96. The maximum absolute atomic E-state index is 12.5. The van der Waals surface area contributed by atoms with Crippen LogP contribution in [-0.4, -0.2) is 44.0 Å². The number of aromatic nitrogens is 5. The second-order valence-corrected chi connectivity index (χ2v) is 6.52. The predicted octanol–water partition coefficient (Wildman–Crippen LogP) is 1.55. The van der Waals surface area contributed by atoms with Gasteiger partial charge >= 0.3 is 0 Å². The zero-order valence-electron chi connectivity index (χ0n) is 14.8. The third kappa shape index (κ3) is 2.87. The van der Waals surface area contributed by atoms with Gasteiger partial charge in [-0.15, -0.1) is 5.10 Å². The third-order valence-corrected chi connectivity index (χ3v) is 4.79. The summed E-state index contributed by atoms with van der Waals surface area (Å²) in [4.78, 5) is 23.2. The minimum Gasteiger partial charge on any atom is -0.353 e. The lowest BCUT2D eigenvalue weighted by atomic mass is 9.98. The van der Waals surface area contributed by atoms with Crippen LogP contribution in [0.25, 0.3) is 11.2 Å². The van der Waals surface area contributed by atoms with E-state index < -0.39 is 0 Å². The third-order valence-electron chi connectivity index (χ3n) is 4.79. The van der Waals surface area contributed by atoms with Crippen LogP contribution in [0.3, 0.4) is 0 Å². The van der Waals surface area contributed by atoms with Gasteiger partial charge in [0, 0.05) is 19.6 Å². The molecule has 0 saturated carbocycles. The SMILES string of the molecule is CCn1nnc2c(N3CC(C(=O)NC(C)c4ccccc4)C3)ncnc21. The molecule has 1 atom stereocenters. The number of nitrogens with zero attached hydrogens (tertiary/aromatic N) is 6. The van der Waals surface area contributed by atoms with Crippen molar-refractivity contribution in [1.82, 2.24) is 30.3 Å². The van der Waals surface area contributed by atoms with Gasteiger partial charge < -0.3 is 10.2 Å². The number of fused-ring (bicyclic) bond motifs is 1. The number of rotatable bonds is 5. The Morgan fingerprint density at radius 3 is 2.77 bits per heavy atom. The molecule has 1 fully saturated rings. The highest BCUT2D eigenvalue weighted by Crippen LogP contribution is 2.28. The molecule has 8 heteroatoms. The Labute approximate surface area is 151 Å². The number of amides is 1. The van der Waals surface area contributed by atoms with E-state index in [1.165, 1.54) is 6.33 Å². The first-order chi connectivity index (χ1) is 12.7. The number of aryl methyl sites for hydroxylation is 1. The fourth-order valence-electron chi connectivity index (χ4n) is 3.20. The lowest BCUT2D eigenvalue weighted by molar-refractivity contribution is -0.126. The standard InChI is InChI=1S/C18H21N7O/c1-3-25-17-15(22-23-25)16(19-11-20-17)24-9-14(10-24)18(26)21-12(2)13-7-5-4-6-8-13/h4-8,11-12,14H,3,9-10H2,1-2H3,(H,21,26). The fourth-order valence-corrected chi connectivity index (χ4v) is 3.20. The normalized spacial score (nSPS) is 15.7. The zero-order chi connectivity index (χ0) is 18.1. The molecule has 134 valence electrons. The number of benzene rings is 1. The van der Waals surface area contributed by atoms with Crippen LogP contribution < -0.4 is 10.2 Å².